The van der Waals surface area contributed by atoms with Crippen LogP contribution < -0.4 is 11.1 Å². The van der Waals surface area contributed by atoms with E-state index in [1.165, 1.54) is 0 Å². The van der Waals surface area contributed by atoms with E-state index in [1.54, 1.807) is 11.3 Å². The molecule has 0 bridgehead atoms. The Morgan fingerprint density at radius 3 is 2.81 bits per heavy atom. The van der Waals surface area contributed by atoms with Crippen LogP contribution >= 0.6 is 27.3 Å². The summed E-state index contributed by atoms with van der Waals surface area (Å²) in [6, 6.07) is 1.60. The average molecular weight is 305 g/mol. The van der Waals surface area contributed by atoms with E-state index in [4.69, 9.17) is 5.73 Å². The molecule has 1 rings (SSSR count). The summed E-state index contributed by atoms with van der Waals surface area (Å²) in [4.78, 5) is 12.7. The number of nitrogens with two attached hydrogens (primary N) is 1. The third-order valence-corrected chi connectivity index (χ3v) is 3.82. The van der Waals surface area contributed by atoms with Gasteiger partial charge in [-0.15, -0.1) is 11.3 Å². The number of rotatable bonds is 5. The molecule has 3 nitrogen and oxygen atoms in total. The van der Waals surface area contributed by atoms with Crippen LogP contribution in [0.1, 0.15) is 25.1 Å². The van der Waals surface area contributed by atoms with Gasteiger partial charge in [-0.1, -0.05) is 13.8 Å². The molecule has 16 heavy (non-hydrogen) atoms. The predicted octanol–water partition coefficient (Wildman–Crippen LogP) is 2.50. The molecule has 0 radical (unpaired) electrons. The Bertz CT molecular complexity index is 352. The molecular weight excluding hydrogens is 288 g/mol. The van der Waals surface area contributed by atoms with Gasteiger partial charge in [-0.3, -0.25) is 4.79 Å². The Balaban J connectivity index is 2.35. The van der Waals surface area contributed by atoms with Crippen molar-refractivity contribution in [2.45, 2.75) is 32.9 Å². The van der Waals surface area contributed by atoms with Gasteiger partial charge in [-0.2, -0.15) is 0 Å². The fraction of sp³-hybridized carbons (Fsp3) is 0.545. The second-order valence-corrected chi connectivity index (χ2v) is 6.10. The lowest BCUT2D eigenvalue weighted by Crippen LogP contribution is -2.40. The summed E-state index contributed by atoms with van der Waals surface area (Å²) in [7, 11) is 0. The van der Waals surface area contributed by atoms with Gasteiger partial charge in [0, 0.05) is 14.7 Å². The Morgan fingerprint density at radius 2 is 2.31 bits per heavy atom. The molecule has 0 saturated carbocycles. The van der Waals surface area contributed by atoms with E-state index in [-0.39, 0.29) is 5.91 Å². The molecular formula is C11H17BrN2OS. The van der Waals surface area contributed by atoms with Crippen LogP contribution in [0, 0.1) is 5.92 Å². The smallest absolute Gasteiger partial charge is 0.237 e. The van der Waals surface area contributed by atoms with Gasteiger partial charge in [0.2, 0.25) is 5.91 Å². The number of carbonyl (C=O) groups is 1. The first-order chi connectivity index (χ1) is 7.49. The first kappa shape index (κ1) is 13.7. The number of carbonyl (C=O) groups excluding carboxylic acids is 1. The van der Waals surface area contributed by atoms with Crippen LogP contribution in [-0.2, 0) is 11.3 Å². The van der Waals surface area contributed by atoms with Gasteiger partial charge >= 0.3 is 0 Å². The maximum Gasteiger partial charge on any atom is 0.237 e. The van der Waals surface area contributed by atoms with Crippen LogP contribution in [-0.4, -0.2) is 11.9 Å². The fourth-order valence-electron chi connectivity index (χ4n) is 1.37. The highest BCUT2D eigenvalue weighted by atomic mass is 79.9. The lowest BCUT2D eigenvalue weighted by atomic mass is 10.0. The van der Waals surface area contributed by atoms with Crippen LogP contribution in [0.3, 0.4) is 0 Å². The first-order valence-corrected chi connectivity index (χ1v) is 6.92. The van der Waals surface area contributed by atoms with Crippen LogP contribution in [0.5, 0.6) is 0 Å². The van der Waals surface area contributed by atoms with Crippen LogP contribution in [0.15, 0.2) is 15.9 Å². The van der Waals surface area contributed by atoms with Gasteiger partial charge in [-0.05, 0) is 34.3 Å². The highest BCUT2D eigenvalue weighted by molar-refractivity contribution is 9.10. The molecule has 0 aliphatic carbocycles. The van der Waals surface area contributed by atoms with Crippen molar-refractivity contribution in [2.24, 2.45) is 11.7 Å². The maximum atomic E-state index is 11.6. The largest absolute Gasteiger partial charge is 0.350 e. The Hall–Kier alpha value is -0.390. The number of hydrogen-bond acceptors (Lipinski definition) is 3. The number of hydrogen-bond donors (Lipinski definition) is 2. The third kappa shape index (κ3) is 4.63. The van der Waals surface area contributed by atoms with E-state index >= 15 is 0 Å². The van der Waals surface area contributed by atoms with Crippen molar-refractivity contribution in [1.29, 1.82) is 0 Å². The summed E-state index contributed by atoms with van der Waals surface area (Å²) in [6.45, 7) is 4.67. The molecule has 5 heteroatoms. The van der Waals surface area contributed by atoms with Crippen molar-refractivity contribution in [1.82, 2.24) is 5.32 Å². The molecule has 0 aromatic carbocycles. The van der Waals surface area contributed by atoms with Crippen molar-refractivity contribution >= 4 is 33.2 Å². The summed E-state index contributed by atoms with van der Waals surface area (Å²) >= 11 is 4.99. The number of nitrogens with one attached hydrogen (secondary N) is 1. The normalized spacial score (nSPS) is 12.8. The van der Waals surface area contributed by atoms with Crippen molar-refractivity contribution in [2.75, 3.05) is 0 Å². The molecule has 1 atom stereocenters. The highest BCUT2D eigenvalue weighted by Crippen LogP contribution is 2.19. The minimum absolute atomic E-state index is 0.0711. The molecule has 1 aromatic heterocycles. The minimum atomic E-state index is -0.400. The second kappa shape index (κ2) is 6.37. The third-order valence-electron chi connectivity index (χ3n) is 2.12. The topological polar surface area (TPSA) is 55.1 Å². The lowest BCUT2D eigenvalue weighted by Gasteiger charge is -2.13. The molecule has 0 fully saturated rings. The second-order valence-electron chi connectivity index (χ2n) is 4.19. The summed E-state index contributed by atoms with van der Waals surface area (Å²) in [5, 5.41) is 4.84. The van der Waals surface area contributed by atoms with Crippen molar-refractivity contribution in [3.63, 3.8) is 0 Å². The SMILES string of the molecule is CC(C)C[C@H](N)C(=O)NCc1cc(Br)cs1. The Morgan fingerprint density at radius 1 is 1.62 bits per heavy atom. The Labute approximate surface area is 109 Å². The predicted molar refractivity (Wildman–Crippen MR) is 71.3 cm³/mol. The Kier molecular flexibility index (Phi) is 5.44. The van der Waals surface area contributed by atoms with Crippen LogP contribution in [0.2, 0.25) is 0 Å². The molecule has 90 valence electrons. The van der Waals surface area contributed by atoms with E-state index in [9.17, 15) is 4.79 Å². The summed E-state index contributed by atoms with van der Waals surface area (Å²) in [6.07, 6.45) is 0.722. The molecule has 0 saturated heterocycles. The van der Waals surface area contributed by atoms with Gasteiger partial charge in [0.05, 0.1) is 12.6 Å². The number of halogens is 1. The van der Waals surface area contributed by atoms with E-state index in [1.807, 2.05) is 11.4 Å². The lowest BCUT2D eigenvalue weighted by molar-refractivity contribution is -0.122. The molecule has 0 unspecified atom stereocenters. The van der Waals surface area contributed by atoms with Crippen molar-refractivity contribution < 1.29 is 4.79 Å². The molecule has 0 aliphatic rings. The van der Waals surface area contributed by atoms with E-state index < -0.39 is 6.04 Å². The molecule has 3 N–H and O–H groups in total. The van der Waals surface area contributed by atoms with E-state index in [2.05, 4.69) is 35.1 Å². The van der Waals surface area contributed by atoms with E-state index in [0.717, 1.165) is 15.8 Å². The van der Waals surface area contributed by atoms with Crippen LogP contribution in [0.25, 0.3) is 0 Å². The maximum absolute atomic E-state index is 11.6. The zero-order chi connectivity index (χ0) is 12.1. The highest BCUT2D eigenvalue weighted by Gasteiger charge is 2.14. The van der Waals surface area contributed by atoms with Crippen molar-refractivity contribution in [3.05, 3.63) is 20.8 Å². The van der Waals surface area contributed by atoms with E-state index in [0.29, 0.717) is 12.5 Å². The summed E-state index contributed by atoms with van der Waals surface area (Å²) in [5.41, 5.74) is 5.77. The molecule has 0 aliphatic heterocycles. The first-order valence-electron chi connectivity index (χ1n) is 5.25. The summed E-state index contributed by atoms with van der Waals surface area (Å²) < 4.78 is 1.05. The zero-order valence-electron chi connectivity index (χ0n) is 9.50. The van der Waals surface area contributed by atoms with Gasteiger partial charge in [0.1, 0.15) is 0 Å². The van der Waals surface area contributed by atoms with Gasteiger partial charge in [0.15, 0.2) is 0 Å². The fourth-order valence-corrected chi connectivity index (χ4v) is 2.76. The monoisotopic (exact) mass is 304 g/mol. The molecule has 0 spiro atoms. The van der Waals surface area contributed by atoms with Gasteiger partial charge in [-0.25, -0.2) is 0 Å². The number of thiophene rings is 1. The molecule has 1 heterocycles. The average Bonchev–Trinajstić information content (AvgIpc) is 2.59. The van der Waals surface area contributed by atoms with Crippen LogP contribution in [0.4, 0.5) is 0 Å². The molecule has 1 amide bonds. The number of amides is 1. The minimum Gasteiger partial charge on any atom is -0.350 e. The quantitative estimate of drug-likeness (QED) is 0.878. The standard InChI is InChI=1S/C11H17BrN2OS/c1-7(2)3-10(13)11(15)14-5-9-4-8(12)6-16-9/h4,6-7,10H,3,5,13H2,1-2H3,(H,14,15)/t10-/m0/s1. The van der Waals surface area contributed by atoms with Crippen molar-refractivity contribution in [3.8, 4) is 0 Å². The summed E-state index contributed by atoms with van der Waals surface area (Å²) in [5.74, 6) is 0.370. The van der Waals surface area contributed by atoms with Gasteiger partial charge in [0.25, 0.3) is 0 Å². The van der Waals surface area contributed by atoms with Gasteiger partial charge < -0.3 is 11.1 Å². The molecule has 1 aromatic rings. The zero-order valence-corrected chi connectivity index (χ0v) is 11.9.